The number of hydrogen-bond acceptors (Lipinski definition) is 4. The minimum atomic E-state index is -6.06. The third kappa shape index (κ3) is 4.36. The van der Waals surface area contributed by atoms with Crippen molar-refractivity contribution < 1.29 is 58.9 Å². The van der Waals surface area contributed by atoms with Crippen molar-refractivity contribution >= 4 is 5.97 Å². The zero-order chi connectivity index (χ0) is 24.3. The number of fused-ring (bicyclic) bond motifs is 2. The zero-order valence-electron chi connectivity index (χ0n) is 16.8. The number of halogens is 9. The molecule has 0 saturated heterocycles. The van der Waals surface area contributed by atoms with E-state index in [1.165, 1.54) is 6.92 Å². The van der Waals surface area contributed by atoms with Crippen LogP contribution < -0.4 is 0 Å². The molecule has 5 unspecified atom stereocenters. The van der Waals surface area contributed by atoms with E-state index in [1.54, 1.807) is 0 Å². The summed E-state index contributed by atoms with van der Waals surface area (Å²) in [6.45, 7) is 0.954. The monoisotopic (exact) mass is 474 g/mol. The van der Waals surface area contributed by atoms with Gasteiger partial charge in [0.15, 0.2) is 5.41 Å². The van der Waals surface area contributed by atoms with Gasteiger partial charge in [-0.2, -0.15) is 39.5 Å². The molecule has 31 heavy (non-hydrogen) atoms. The van der Waals surface area contributed by atoms with E-state index in [0.717, 1.165) is 6.92 Å². The van der Waals surface area contributed by atoms with Crippen LogP contribution in [0.15, 0.2) is 0 Å². The SMILES string of the molecule is CCC(C)(C(=O)OC1(C)CC2CC(OCC(O)(C(F)(F)F)C(F)(F)F)C1C2)C(F)(F)F. The van der Waals surface area contributed by atoms with Gasteiger partial charge in [0.25, 0.3) is 5.60 Å². The fourth-order valence-electron chi connectivity index (χ4n) is 4.27. The van der Waals surface area contributed by atoms with Crippen molar-refractivity contribution in [1.29, 1.82) is 0 Å². The van der Waals surface area contributed by atoms with Crippen LogP contribution in [0.2, 0.25) is 0 Å². The standard InChI is InChI=1S/C18H23F9O4/c1-4-13(2,16(19,20)21)12(28)31-14(3)7-9-5-10(14)11(6-9)30-8-15(29,17(22,23)24)18(25,26)27/h9-11,29H,4-8H2,1-3H3. The van der Waals surface area contributed by atoms with Gasteiger partial charge in [-0.05, 0) is 45.4 Å². The lowest BCUT2D eigenvalue weighted by Crippen LogP contribution is -2.60. The number of carbonyl (C=O) groups excluding carboxylic acids is 1. The van der Waals surface area contributed by atoms with E-state index in [4.69, 9.17) is 9.47 Å². The second kappa shape index (κ2) is 7.67. The fourth-order valence-corrected chi connectivity index (χ4v) is 4.27. The topological polar surface area (TPSA) is 55.8 Å². The highest BCUT2D eigenvalue weighted by molar-refractivity contribution is 5.78. The first kappa shape index (κ1) is 26.0. The molecule has 1 N–H and O–H groups in total. The van der Waals surface area contributed by atoms with E-state index in [1.807, 2.05) is 0 Å². The van der Waals surface area contributed by atoms with E-state index < -0.39 is 66.2 Å². The van der Waals surface area contributed by atoms with Gasteiger partial charge in [0.1, 0.15) is 5.60 Å². The average molecular weight is 474 g/mol. The summed E-state index contributed by atoms with van der Waals surface area (Å²) in [6, 6.07) is 0. The maximum atomic E-state index is 13.3. The Kier molecular flexibility index (Phi) is 6.44. The molecule has 0 aliphatic heterocycles. The highest BCUT2D eigenvalue weighted by Crippen LogP contribution is 2.55. The molecule has 5 atom stereocenters. The first-order chi connectivity index (χ1) is 13.7. The number of ether oxygens (including phenoxy) is 2. The van der Waals surface area contributed by atoms with E-state index in [9.17, 15) is 49.4 Å². The van der Waals surface area contributed by atoms with Crippen molar-refractivity contribution in [2.75, 3.05) is 6.61 Å². The van der Waals surface area contributed by atoms with Gasteiger partial charge in [-0.15, -0.1) is 0 Å². The fraction of sp³-hybridized carbons (Fsp3) is 0.944. The van der Waals surface area contributed by atoms with Gasteiger partial charge < -0.3 is 14.6 Å². The van der Waals surface area contributed by atoms with Crippen LogP contribution in [0.3, 0.4) is 0 Å². The summed E-state index contributed by atoms with van der Waals surface area (Å²) >= 11 is 0. The molecule has 2 bridgehead atoms. The maximum absolute atomic E-state index is 13.3. The Labute approximate surface area is 172 Å². The molecule has 13 heteroatoms. The van der Waals surface area contributed by atoms with E-state index in [2.05, 4.69) is 0 Å². The molecule has 2 saturated carbocycles. The summed E-state index contributed by atoms with van der Waals surface area (Å²) in [5.41, 5.74) is -9.48. The highest BCUT2D eigenvalue weighted by Gasteiger charge is 2.71. The van der Waals surface area contributed by atoms with E-state index in [-0.39, 0.29) is 25.2 Å². The molecule has 0 heterocycles. The van der Waals surface area contributed by atoms with Crippen LogP contribution in [0.25, 0.3) is 0 Å². The zero-order valence-corrected chi connectivity index (χ0v) is 16.8. The Morgan fingerprint density at radius 1 is 1.00 bits per heavy atom. The quantitative estimate of drug-likeness (QED) is 0.438. The van der Waals surface area contributed by atoms with Crippen LogP contribution in [0, 0.1) is 17.3 Å². The average Bonchev–Trinajstić information content (AvgIpc) is 3.12. The minimum Gasteiger partial charge on any atom is -0.458 e. The molecule has 2 aliphatic carbocycles. The highest BCUT2D eigenvalue weighted by atomic mass is 19.4. The molecule has 0 spiro atoms. The molecule has 2 fully saturated rings. The largest absolute Gasteiger partial charge is 0.458 e. The Bertz CT molecular complexity index is 673. The van der Waals surface area contributed by atoms with E-state index >= 15 is 0 Å². The first-order valence-corrected chi connectivity index (χ1v) is 9.49. The lowest BCUT2D eigenvalue weighted by molar-refractivity contribution is -0.380. The van der Waals surface area contributed by atoms with Crippen molar-refractivity contribution in [2.45, 2.75) is 82.3 Å². The molecule has 0 aromatic rings. The third-order valence-corrected chi connectivity index (χ3v) is 6.63. The molecular weight excluding hydrogens is 451 g/mol. The van der Waals surface area contributed by atoms with Gasteiger partial charge >= 0.3 is 24.5 Å². The Hall–Kier alpha value is -1.24. The number of rotatable bonds is 6. The Balaban J connectivity index is 2.18. The number of alkyl halides is 9. The number of hydrogen-bond donors (Lipinski definition) is 1. The summed E-state index contributed by atoms with van der Waals surface area (Å²) < 4.78 is 127. The van der Waals surface area contributed by atoms with Crippen LogP contribution in [-0.2, 0) is 14.3 Å². The van der Waals surface area contributed by atoms with Crippen LogP contribution in [-0.4, -0.2) is 53.5 Å². The van der Waals surface area contributed by atoms with Gasteiger partial charge in [-0.25, -0.2) is 0 Å². The molecule has 0 amide bonds. The summed E-state index contributed by atoms with van der Waals surface area (Å²) in [5, 5.41) is 9.23. The number of carbonyl (C=O) groups is 1. The van der Waals surface area contributed by atoms with Gasteiger partial charge in [-0.3, -0.25) is 4.79 Å². The Morgan fingerprint density at radius 3 is 1.90 bits per heavy atom. The molecule has 2 aliphatic rings. The van der Waals surface area contributed by atoms with Crippen LogP contribution in [0.5, 0.6) is 0 Å². The predicted octanol–water partition coefficient (Wildman–Crippen LogP) is 4.94. The van der Waals surface area contributed by atoms with Crippen molar-refractivity contribution in [3.63, 3.8) is 0 Å². The normalized spacial score (nSPS) is 31.6. The van der Waals surface area contributed by atoms with Gasteiger partial charge in [0, 0.05) is 5.92 Å². The molecule has 4 nitrogen and oxygen atoms in total. The summed E-state index contributed by atoms with van der Waals surface area (Å²) in [5.74, 6) is -2.81. The molecule has 0 aromatic heterocycles. The summed E-state index contributed by atoms with van der Waals surface area (Å²) in [6.07, 6.45) is -18.6. The van der Waals surface area contributed by atoms with Crippen LogP contribution in [0.1, 0.15) is 46.5 Å². The maximum Gasteiger partial charge on any atom is 0.428 e. The molecular formula is C18H23F9O4. The number of aliphatic hydroxyl groups is 1. The third-order valence-electron chi connectivity index (χ3n) is 6.63. The lowest BCUT2D eigenvalue weighted by Gasteiger charge is -2.41. The van der Waals surface area contributed by atoms with Crippen molar-refractivity contribution in [2.24, 2.45) is 17.3 Å². The second-order valence-electron chi connectivity index (χ2n) is 8.74. The Morgan fingerprint density at radius 2 is 1.52 bits per heavy atom. The van der Waals surface area contributed by atoms with Gasteiger partial charge in [0.2, 0.25) is 0 Å². The summed E-state index contributed by atoms with van der Waals surface area (Å²) in [7, 11) is 0. The van der Waals surface area contributed by atoms with Crippen LogP contribution >= 0.6 is 0 Å². The molecule has 182 valence electrons. The molecule has 0 aromatic carbocycles. The van der Waals surface area contributed by atoms with Crippen molar-refractivity contribution in [3.05, 3.63) is 0 Å². The van der Waals surface area contributed by atoms with Crippen molar-refractivity contribution in [3.8, 4) is 0 Å². The number of esters is 1. The molecule has 0 radical (unpaired) electrons. The first-order valence-electron chi connectivity index (χ1n) is 9.49. The van der Waals surface area contributed by atoms with Crippen molar-refractivity contribution in [1.82, 2.24) is 0 Å². The van der Waals surface area contributed by atoms with Crippen LogP contribution in [0.4, 0.5) is 39.5 Å². The van der Waals surface area contributed by atoms with Gasteiger partial charge in [-0.1, -0.05) is 6.92 Å². The van der Waals surface area contributed by atoms with Gasteiger partial charge in [0.05, 0.1) is 12.7 Å². The lowest BCUT2D eigenvalue weighted by atomic mass is 9.82. The van der Waals surface area contributed by atoms with E-state index in [0.29, 0.717) is 6.92 Å². The smallest absolute Gasteiger partial charge is 0.428 e. The minimum absolute atomic E-state index is 0.0356. The predicted molar refractivity (Wildman–Crippen MR) is 86.6 cm³/mol. The molecule has 2 rings (SSSR count). The second-order valence-corrected chi connectivity index (χ2v) is 8.74. The summed E-state index contributed by atoms with van der Waals surface area (Å²) in [4.78, 5) is 12.3.